The van der Waals surface area contributed by atoms with Crippen molar-refractivity contribution in [1.82, 2.24) is 5.32 Å². The highest BCUT2D eigenvalue weighted by molar-refractivity contribution is 5.72. The number of hydrogen-bond donors (Lipinski definition) is 2. The van der Waals surface area contributed by atoms with Gasteiger partial charge in [0.15, 0.2) is 0 Å². The van der Waals surface area contributed by atoms with Crippen LogP contribution in [-0.2, 0) is 17.9 Å². The molecule has 0 heterocycles. The van der Waals surface area contributed by atoms with Crippen molar-refractivity contribution < 1.29 is 14.6 Å². The summed E-state index contributed by atoms with van der Waals surface area (Å²) in [5.41, 5.74) is 3.28. The summed E-state index contributed by atoms with van der Waals surface area (Å²) in [5, 5.41) is 11.9. The first-order valence-electron chi connectivity index (χ1n) is 7.29. The Balaban J connectivity index is 2.02. The predicted molar refractivity (Wildman–Crippen MR) is 85.9 cm³/mol. The number of ether oxygens (including phenoxy) is 1. The van der Waals surface area contributed by atoms with Gasteiger partial charge >= 0.3 is 5.97 Å². The highest BCUT2D eigenvalue weighted by Gasteiger charge is 2.11. The Kier molecular flexibility index (Phi) is 5.55. The summed E-state index contributed by atoms with van der Waals surface area (Å²) in [6, 6.07) is 15.2. The first-order valence-corrected chi connectivity index (χ1v) is 7.29. The van der Waals surface area contributed by atoms with Crippen molar-refractivity contribution in [3.05, 3.63) is 65.2 Å². The fourth-order valence-electron chi connectivity index (χ4n) is 2.07. The number of rotatable bonds is 7. The standard InChI is InChI=1S/C18H21NO3/c1-13-7-3-4-9-16(13)12-22-17-10-6-5-8-15(17)11-19-14(2)18(20)21/h3-10,14,19H,11-12H2,1-2H3,(H,20,21). The molecular weight excluding hydrogens is 278 g/mol. The molecule has 4 heteroatoms. The average molecular weight is 299 g/mol. The molecule has 2 rings (SSSR count). The van der Waals surface area contributed by atoms with Crippen molar-refractivity contribution in [1.29, 1.82) is 0 Å². The minimum Gasteiger partial charge on any atom is -0.489 e. The van der Waals surface area contributed by atoms with Crippen molar-refractivity contribution in [2.24, 2.45) is 0 Å². The number of carboxylic acid groups (broad SMARTS) is 1. The summed E-state index contributed by atoms with van der Waals surface area (Å²) < 4.78 is 5.91. The van der Waals surface area contributed by atoms with E-state index in [1.807, 2.05) is 42.5 Å². The molecule has 0 saturated carbocycles. The fraction of sp³-hybridized carbons (Fsp3) is 0.278. The van der Waals surface area contributed by atoms with Crippen LogP contribution in [0.3, 0.4) is 0 Å². The Morgan fingerprint density at radius 2 is 1.77 bits per heavy atom. The van der Waals surface area contributed by atoms with E-state index >= 15 is 0 Å². The van der Waals surface area contributed by atoms with Gasteiger partial charge in [-0.1, -0.05) is 42.5 Å². The van der Waals surface area contributed by atoms with Gasteiger partial charge in [-0.25, -0.2) is 0 Å². The smallest absolute Gasteiger partial charge is 0.320 e. The maximum absolute atomic E-state index is 10.9. The van der Waals surface area contributed by atoms with Crippen molar-refractivity contribution in [2.45, 2.75) is 33.0 Å². The fourth-order valence-corrected chi connectivity index (χ4v) is 2.07. The van der Waals surface area contributed by atoms with Crippen molar-refractivity contribution in [2.75, 3.05) is 0 Å². The summed E-state index contributed by atoms with van der Waals surface area (Å²) >= 11 is 0. The second-order valence-corrected chi connectivity index (χ2v) is 5.26. The molecule has 4 nitrogen and oxygen atoms in total. The average Bonchev–Trinajstić information content (AvgIpc) is 2.52. The van der Waals surface area contributed by atoms with E-state index in [9.17, 15) is 4.79 Å². The van der Waals surface area contributed by atoms with Gasteiger partial charge in [0, 0.05) is 12.1 Å². The molecule has 0 aliphatic carbocycles. The van der Waals surface area contributed by atoms with E-state index in [0.29, 0.717) is 13.2 Å². The first kappa shape index (κ1) is 16.0. The molecule has 0 aliphatic heterocycles. The molecule has 0 fully saturated rings. The molecule has 0 amide bonds. The van der Waals surface area contributed by atoms with Gasteiger partial charge in [-0.2, -0.15) is 0 Å². The predicted octanol–water partition coefficient (Wildman–Crippen LogP) is 3.14. The number of carboxylic acids is 1. The molecule has 1 atom stereocenters. The lowest BCUT2D eigenvalue weighted by atomic mass is 10.1. The molecule has 1 unspecified atom stereocenters. The van der Waals surface area contributed by atoms with E-state index in [2.05, 4.69) is 18.3 Å². The van der Waals surface area contributed by atoms with Gasteiger partial charge < -0.3 is 15.2 Å². The zero-order chi connectivity index (χ0) is 15.9. The van der Waals surface area contributed by atoms with Crippen molar-refractivity contribution in [3.63, 3.8) is 0 Å². The molecule has 0 bridgehead atoms. The topological polar surface area (TPSA) is 58.6 Å². The molecule has 2 N–H and O–H groups in total. The highest BCUT2D eigenvalue weighted by atomic mass is 16.5. The molecule has 2 aromatic rings. The first-order chi connectivity index (χ1) is 10.6. The van der Waals surface area contributed by atoms with Gasteiger partial charge in [-0.15, -0.1) is 0 Å². The number of aliphatic carboxylic acids is 1. The minimum absolute atomic E-state index is 0.456. The second-order valence-electron chi connectivity index (χ2n) is 5.26. The van der Waals surface area contributed by atoms with Crippen LogP contribution in [0.4, 0.5) is 0 Å². The Morgan fingerprint density at radius 3 is 2.45 bits per heavy atom. The van der Waals surface area contributed by atoms with E-state index in [0.717, 1.165) is 16.9 Å². The number of para-hydroxylation sites is 1. The van der Waals surface area contributed by atoms with Crippen LogP contribution in [0.5, 0.6) is 5.75 Å². The molecule has 0 radical (unpaired) electrons. The van der Waals surface area contributed by atoms with Gasteiger partial charge in [-0.05, 0) is 31.0 Å². The summed E-state index contributed by atoms with van der Waals surface area (Å²) in [7, 11) is 0. The minimum atomic E-state index is -0.863. The van der Waals surface area contributed by atoms with Gasteiger partial charge in [0.1, 0.15) is 18.4 Å². The molecular formula is C18H21NO3. The molecule has 0 aromatic heterocycles. The van der Waals surface area contributed by atoms with Crippen molar-refractivity contribution >= 4 is 5.97 Å². The zero-order valence-electron chi connectivity index (χ0n) is 12.9. The molecule has 0 aliphatic rings. The second kappa shape index (κ2) is 7.61. The Labute approximate surface area is 130 Å². The van der Waals surface area contributed by atoms with Crippen LogP contribution in [0.1, 0.15) is 23.6 Å². The van der Waals surface area contributed by atoms with Gasteiger partial charge in [0.05, 0.1) is 0 Å². The van der Waals surface area contributed by atoms with E-state index in [-0.39, 0.29) is 0 Å². The maximum atomic E-state index is 10.9. The van der Waals surface area contributed by atoms with Crippen LogP contribution in [-0.4, -0.2) is 17.1 Å². The lowest BCUT2D eigenvalue weighted by molar-refractivity contribution is -0.139. The zero-order valence-corrected chi connectivity index (χ0v) is 12.9. The number of aryl methyl sites for hydroxylation is 1. The van der Waals surface area contributed by atoms with Crippen LogP contribution >= 0.6 is 0 Å². The van der Waals surface area contributed by atoms with Crippen LogP contribution < -0.4 is 10.1 Å². The Bertz CT molecular complexity index is 640. The lowest BCUT2D eigenvalue weighted by Gasteiger charge is -2.14. The van der Waals surface area contributed by atoms with Crippen LogP contribution in [0, 0.1) is 6.92 Å². The van der Waals surface area contributed by atoms with Gasteiger partial charge in [-0.3, -0.25) is 4.79 Å². The largest absolute Gasteiger partial charge is 0.489 e. The molecule has 0 spiro atoms. The van der Waals surface area contributed by atoms with Gasteiger partial charge in [0.25, 0.3) is 0 Å². The number of carbonyl (C=O) groups is 1. The Morgan fingerprint density at radius 1 is 1.14 bits per heavy atom. The highest BCUT2D eigenvalue weighted by Crippen LogP contribution is 2.20. The normalized spacial score (nSPS) is 11.9. The quantitative estimate of drug-likeness (QED) is 0.824. The number of hydrogen-bond acceptors (Lipinski definition) is 3. The number of nitrogens with one attached hydrogen (secondary N) is 1. The molecule has 2 aromatic carbocycles. The van der Waals surface area contributed by atoms with Crippen LogP contribution in [0.2, 0.25) is 0 Å². The third-order valence-corrected chi connectivity index (χ3v) is 3.59. The molecule has 0 saturated heterocycles. The summed E-state index contributed by atoms with van der Waals surface area (Å²) in [6.45, 7) is 4.63. The maximum Gasteiger partial charge on any atom is 0.320 e. The lowest BCUT2D eigenvalue weighted by Crippen LogP contribution is -2.33. The third kappa shape index (κ3) is 4.33. The van der Waals surface area contributed by atoms with E-state index in [1.54, 1.807) is 6.92 Å². The van der Waals surface area contributed by atoms with Crippen molar-refractivity contribution in [3.8, 4) is 5.75 Å². The SMILES string of the molecule is Cc1ccccc1COc1ccccc1CNC(C)C(=O)O. The molecule has 116 valence electrons. The van der Waals surface area contributed by atoms with Gasteiger partial charge in [0.2, 0.25) is 0 Å². The molecule has 22 heavy (non-hydrogen) atoms. The monoisotopic (exact) mass is 299 g/mol. The summed E-state index contributed by atoms with van der Waals surface area (Å²) in [6.07, 6.45) is 0. The van der Waals surface area contributed by atoms with Crippen LogP contribution in [0.25, 0.3) is 0 Å². The number of benzene rings is 2. The summed E-state index contributed by atoms with van der Waals surface area (Å²) in [4.78, 5) is 10.9. The Hall–Kier alpha value is -2.33. The van der Waals surface area contributed by atoms with E-state index < -0.39 is 12.0 Å². The third-order valence-electron chi connectivity index (χ3n) is 3.59. The van der Waals surface area contributed by atoms with E-state index in [4.69, 9.17) is 9.84 Å². The van der Waals surface area contributed by atoms with E-state index in [1.165, 1.54) is 5.56 Å². The van der Waals surface area contributed by atoms with Crippen LogP contribution in [0.15, 0.2) is 48.5 Å². The summed E-state index contributed by atoms with van der Waals surface area (Å²) in [5.74, 6) is -0.0887.